The third kappa shape index (κ3) is 2.65. The number of hydrogen-bond acceptors (Lipinski definition) is 7. The topological polar surface area (TPSA) is 112 Å². The summed E-state index contributed by atoms with van der Waals surface area (Å²) in [6.07, 6.45) is 0. The zero-order chi connectivity index (χ0) is 17.4. The fourth-order valence-corrected chi connectivity index (χ4v) is 2.42. The molecule has 122 valence electrons. The highest BCUT2D eigenvalue weighted by Crippen LogP contribution is 2.25. The first-order chi connectivity index (χ1) is 12.1. The lowest BCUT2D eigenvalue weighted by atomic mass is 10.2. The van der Waals surface area contributed by atoms with Crippen LogP contribution < -0.4 is 5.63 Å². The highest BCUT2D eigenvalue weighted by molar-refractivity contribution is 5.80. The van der Waals surface area contributed by atoms with Gasteiger partial charge in [0.1, 0.15) is 11.1 Å². The Morgan fingerprint density at radius 1 is 1.04 bits per heavy atom. The SMILES string of the molecule is O=c1oc2ccccc2cc1-c1nc(-c2cccc([N+](=O)[O-])c2)no1. The van der Waals surface area contributed by atoms with Gasteiger partial charge < -0.3 is 8.94 Å². The Hall–Kier alpha value is -3.81. The van der Waals surface area contributed by atoms with Crippen molar-refractivity contribution in [2.75, 3.05) is 0 Å². The summed E-state index contributed by atoms with van der Waals surface area (Å²) < 4.78 is 10.4. The van der Waals surface area contributed by atoms with Gasteiger partial charge in [0.05, 0.1) is 4.92 Å². The normalized spacial score (nSPS) is 10.9. The summed E-state index contributed by atoms with van der Waals surface area (Å²) in [7, 11) is 0. The molecule has 2 aromatic carbocycles. The van der Waals surface area contributed by atoms with Gasteiger partial charge in [-0.25, -0.2) is 4.79 Å². The van der Waals surface area contributed by atoms with Gasteiger partial charge in [-0.1, -0.05) is 35.5 Å². The predicted molar refractivity (Wildman–Crippen MR) is 87.9 cm³/mol. The molecule has 0 saturated carbocycles. The first-order valence-corrected chi connectivity index (χ1v) is 7.23. The average molecular weight is 335 g/mol. The molecule has 2 heterocycles. The first kappa shape index (κ1) is 14.8. The molecule has 8 heteroatoms. The van der Waals surface area contributed by atoms with E-state index in [9.17, 15) is 14.9 Å². The number of para-hydroxylation sites is 1. The Morgan fingerprint density at radius 2 is 1.88 bits per heavy atom. The van der Waals surface area contributed by atoms with Crippen LogP contribution in [0.3, 0.4) is 0 Å². The number of hydrogen-bond donors (Lipinski definition) is 0. The standard InChI is InChI=1S/C17H9N3O5/c21-17-13(9-10-4-1-2-7-14(10)24-17)16-18-15(19-25-16)11-5-3-6-12(8-11)20(22)23/h1-9H. The summed E-state index contributed by atoms with van der Waals surface area (Å²) in [5, 5.41) is 15.4. The monoisotopic (exact) mass is 335 g/mol. The van der Waals surface area contributed by atoms with Crippen molar-refractivity contribution in [2.24, 2.45) is 0 Å². The van der Waals surface area contributed by atoms with Gasteiger partial charge in [0, 0.05) is 23.1 Å². The minimum absolute atomic E-state index is 0.0130. The van der Waals surface area contributed by atoms with E-state index in [2.05, 4.69) is 10.1 Å². The van der Waals surface area contributed by atoms with Crippen LogP contribution in [0.5, 0.6) is 0 Å². The maximum atomic E-state index is 12.1. The number of rotatable bonds is 3. The van der Waals surface area contributed by atoms with Crippen molar-refractivity contribution in [3.8, 4) is 22.8 Å². The fourth-order valence-electron chi connectivity index (χ4n) is 2.42. The summed E-state index contributed by atoms with van der Waals surface area (Å²) in [6, 6.07) is 14.5. The molecule has 0 N–H and O–H groups in total. The number of nitro benzene ring substituents is 1. The van der Waals surface area contributed by atoms with Gasteiger partial charge in [0.25, 0.3) is 11.6 Å². The smallest absolute Gasteiger partial charge is 0.349 e. The lowest BCUT2D eigenvalue weighted by molar-refractivity contribution is -0.384. The Kier molecular flexibility index (Phi) is 3.35. The van der Waals surface area contributed by atoms with E-state index in [0.29, 0.717) is 16.5 Å². The number of fused-ring (bicyclic) bond motifs is 1. The molecule has 0 aliphatic rings. The second kappa shape index (κ2) is 5.68. The van der Waals surface area contributed by atoms with E-state index in [-0.39, 0.29) is 23.0 Å². The molecule has 0 bridgehead atoms. The molecule has 0 radical (unpaired) electrons. The quantitative estimate of drug-likeness (QED) is 0.320. The molecular formula is C17H9N3O5. The largest absolute Gasteiger partial charge is 0.422 e. The van der Waals surface area contributed by atoms with Crippen molar-refractivity contribution in [3.05, 3.63) is 75.1 Å². The Bertz CT molecular complexity index is 1160. The molecule has 0 aliphatic carbocycles. The molecule has 0 amide bonds. The van der Waals surface area contributed by atoms with Gasteiger partial charge in [-0.05, 0) is 12.1 Å². The molecule has 0 fully saturated rings. The Morgan fingerprint density at radius 3 is 2.72 bits per heavy atom. The van der Waals surface area contributed by atoms with Gasteiger partial charge in [-0.2, -0.15) is 4.98 Å². The van der Waals surface area contributed by atoms with Gasteiger partial charge in [-0.3, -0.25) is 10.1 Å². The first-order valence-electron chi connectivity index (χ1n) is 7.23. The van der Waals surface area contributed by atoms with Crippen molar-refractivity contribution in [3.63, 3.8) is 0 Å². The second-order valence-corrected chi connectivity index (χ2v) is 5.22. The van der Waals surface area contributed by atoms with Crippen molar-refractivity contribution >= 4 is 16.7 Å². The molecule has 0 spiro atoms. The van der Waals surface area contributed by atoms with Crippen LogP contribution in [-0.4, -0.2) is 15.1 Å². The molecule has 0 unspecified atom stereocenters. The minimum Gasteiger partial charge on any atom is -0.422 e. The van der Waals surface area contributed by atoms with Crippen LogP contribution in [0, 0.1) is 10.1 Å². The van der Waals surface area contributed by atoms with Gasteiger partial charge in [-0.15, -0.1) is 0 Å². The molecule has 0 saturated heterocycles. The van der Waals surface area contributed by atoms with Crippen LogP contribution >= 0.6 is 0 Å². The molecule has 2 aromatic heterocycles. The summed E-state index contributed by atoms with van der Waals surface area (Å²) >= 11 is 0. The second-order valence-electron chi connectivity index (χ2n) is 5.22. The summed E-state index contributed by atoms with van der Waals surface area (Å²) in [4.78, 5) is 26.7. The number of aromatic nitrogens is 2. The highest BCUT2D eigenvalue weighted by atomic mass is 16.6. The van der Waals surface area contributed by atoms with Crippen LogP contribution in [0.25, 0.3) is 33.8 Å². The van der Waals surface area contributed by atoms with Crippen molar-refractivity contribution < 1.29 is 13.9 Å². The predicted octanol–water partition coefficient (Wildman–Crippen LogP) is 3.42. The molecule has 8 nitrogen and oxygen atoms in total. The lowest BCUT2D eigenvalue weighted by Crippen LogP contribution is -2.02. The number of benzene rings is 2. The fraction of sp³-hybridized carbons (Fsp3) is 0. The molecule has 0 atom stereocenters. The zero-order valence-electron chi connectivity index (χ0n) is 12.6. The van der Waals surface area contributed by atoms with Gasteiger partial charge in [0.2, 0.25) is 5.82 Å². The van der Waals surface area contributed by atoms with Crippen LogP contribution in [0.15, 0.2) is 68.3 Å². The van der Waals surface area contributed by atoms with Crippen molar-refractivity contribution in [1.82, 2.24) is 10.1 Å². The van der Waals surface area contributed by atoms with E-state index < -0.39 is 10.5 Å². The lowest BCUT2D eigenvalue weighted by Gasteiger charge is -1.97. The van der Waals surface area contributed by atoms with E-state index >= 15 is 0 Å². The number of nitro groups is 1. The molecule has 4 rings (SSSR count). The third-order valence-corrected chi connectivity index (χ3v) is 3.61. The number of nitrogens with zero attached hydrogens (tertiary/aromatic N) is 3. The average Bonchev–Trinajstić information content (AvgIpc) is 3.11. The number of non-ortho nitro benzene ring substituents is 1. The Balaban J connectivity index is 1.79. The van der Waals surface area contributed by atoms with Crippen LogP contribution in [0.1, 0.15) is 0 Å². The van der Waals surface area contributed by atoms with E-state index in [4.69, 9.17) is 8.94 Å². The van der Waals surface area contributed by atoms with E-state index in [1.54, 1.807) is 30.3 Å². The van der Waals surface area contributed by atoms with Crippen LogP contribution in [0.2, 0.25) is 0 Å². The molecular weight excluding hydrogens is 326 g/mol. The minimum atomic E-state index is -0.604. The molecule has 4 aromatic rings. The highest BCUT2D eigenvalue weighted by Gasteiger charge is 2.17. The molecule has 25 heavy (non-hydrogen) atoms. The maximum Gasteiger partial charge on any atom is 0.349 e. The van der Waals surface area contributed by atoms with E-state index in [0.717, 1.165) is 0 Å². The maximum absolute atomic E-state index is 12.1. The van der Waals surface area contributed by atoms with Gasteiger partial charge >= 0.3 is 5.63 Å². The van der Waals surface area contributed by atoms with E-state index in [1.807, 2.05) is 6.07 Å². The van der Waals surface area contributed by atoms with Crippen LogP contribution in [-0.2, 0) is 0 Å². The van der Waals surface area contributed by atoms with Crippen LogP contribution in [0.4, 0.5) is 5.69 Å². The van der Waals surface area contributed by atoms with E-state index in [1.165, 1.54) is 18.2 Å². The molecule has 0 aliphatic heterocycles. The summed E-state index contributed by atoms with van der Waals surface area (Å²) in [5.41, 5.74) is 0.300. The summed E-state index contributed by atoms with van der Waals surface area (Å²) in [6.45, 7) is 0. The Labute approximate surface area is 139 Å². The summed E-state index contributed by atoms with van der Waals surface area (Å²) in [5.74, 6) is 0.132. The van der Waals surface area contributed by atoms with Crippen molar-refractivity contribution in [1.29, 1.82) is 0 Å². The third-order valence-electron chi connectivity index (χ3n) is 3.61. The van der Waals surface area contributed by atoms with Crippen molar-refractivity contribution in [2.45, 2.75) is 0 Å². The zero-order valence-corrected chi connectivity index (χ0v) is 12.6. The van der Waals surface area contributed by atoms with Gasteiger partial charge in [0.15, 0.2) is 0 Å².